The summed E-state index contributed by atoms with van der Waals surface area (Å²) in [6.07, 6.45) is 4.59. The highest BCUT2D eigenvalue weighted by molar-refractivity contribution is 7.99. The number of thioether (sulfide) groups is 1. The number of rotatable bonds is 3. The van der Waals surface area contributed by atoms with Gasteiger partial charge < -0.3 is 15.1 Å². The number of hydrogen-bond acceptors (Lipinski definition) is 8. The fraction of sp³-hybridized carbons (Fsp3) is 0.364. The average molecular weight is 630 g/mol. The number of pyridine rings is 2. The average Bonchev–Trinajstić information content (AvgIpc) is 3.83. The first-order chi connectivity index (χ1) is 21.7. The van der Waals surface area contributed by atoms with Gasteiger partial charge in [0.25, 0.3) is 0 Å². The molecule has 1 amide bonds. The molecule has 1 N–H and O–H groups in total. The van der Waals surface area contributed by atoms with E-state index in [9.17, 15) is 9.59 Å². The van der Waals surface area contributed by atoms with Crippen LogP contribution in [0.1, 0.15) is 37.4 Å². The molecule has 2 fully saturated rings. The third kappa shape index (κ3) is 5.24. The molecule has 7 rings (SSSR count). The standard InChI is InChI=1S/C33H33F2N7O2S/c1-4-28(43)40-9-10-41(26-16-25(26)40)31-22-15-24(35)30-21-14-20(5-6-23(21)34)36-8-12-45-11-7-19-13-27(29(18(2)3)37-17-19)42(32(22)38-30)33(44)39-31/h4-6,13-15,17-18,25-26,36H,1,7-12,16H2,2-3H3/t25-,26?/m1/s1. The Morgan fingerprint density at radius 1 is 1.11 bits per heavy atom. The summed E-state index contributed by atoms with van der Waals surface area (Å²) in [5, 5.41) is 3.63. The van der Waals surface area contributed by atoms with Crippen molar-refractivity contribution in [1.29, 1.82) is 0 Å². The van der Waals surface area contributed by atoms with Gasteiger partial charge in [-0.25, -0.2) is 23.1 Å². The third-order valence-corrected chi connectivity index (χ3v) is 9.70. The number of benzene rings is 1. The van der Waals surface area contributed by atoms with Gasteiger partial charge in [0.15, 0.2) is 5.65 Å². The van der Waals surface area contributed by atoms with Crippen LogP contribution in [-0.2, 0) is 11.2 Å². The predicted molar refractivity (Wildman–Crippen MR) is 173 cm³/mol. The molecule has 45 heavy (non-hydrogen) atoms. The summed E-state index contributed by atoms with van der Waals surface area (Å²) in [5.74, 6) is 0.438. The van der Waals surface area contributed by atoms with Crippen molar-refractivity contribution in [2.75, 3.05) is 41.4 Å². The zero-order valence-electron chi connectivity index (χ0n) is 25.1. The number of halogens is 2. The molecule has 5 heterocycles. The van der Waals surface area contributed by atoms with E-state index in [1.165, 1.54) is 22.8 Å². The maximum Gasteiger partial charge on any atom is 0.355 e. The molecule has 2 aliphatic heterocycles. The van der Waals surface area contributed by atoms with Crippen LogP contribution in [0.25, 0.3) is 28.0 Å². The van der Waals surface area contributed by atoms with Crippen LogP contribution in [0.2, 0.25) is 0 Å². The lowest BCUT2D eigenvalue weighted by molar-refractivity contribution is -0.126. The van der Waals surface area contributed by atoms with E-state index in [-0.39, 0.29) is 40.8 Å². The second-order valence-electron chi connectivity index (χ2n) is 11.9. The number of aromatic nitrogens is 4. The summed E-state index contributed by atoms with van der Waals surface area (Å²) in [7, 11) is 0. The van der Waals surface area contributed by atoms with E-state index in [1.54, 1.807) is 28.8 Å². The first kappa shape index (κ1) is 29.4. The zero-order chi connectivity index (χ0) is 31.4. The lowest BCUT2D eigenvalue weighted by Crippen LogP contribution is -2.49. The number of fused-ring (bicyclic) bond motifs is 8. The fourth-order valence-corrected chi connectivity index (χ4v) is 7.24. The summed E-state index contributed by atoms with van der Waals surface area (Å²) >= 11 is 1.77. The molecular weight excluding hydrogens is 596 g/mol. The Morgan fingerprint density at radius 2 is 1.96 bits per heavy atom. The van der Waals surface area contributed by atoms with Crippen LogP contribution < -0.4 is 15.9 Å². The van der Waals surface area contributed by atoms with E-state index in [0.29, 0.717) is 54.3 Å². The number of carbonyl (C=O) groups excluding carboxylic acids is 1. The van der Waals surface area contributed by atoms with E-state index in [2.05, 4.69) is 16.9 Å². The molecule has 2 atom stereocenters. The first-order valence-corrected chi connectivity index (χ1v) is 16.3. The number of nitrogens with zero attached hydrogens (tertiary/aromatic N) is 6. The molecule has 12 heteroatoms. The molecule has 4 aromatic rings. The van der Waals surface area contributed by atoms with Gasteiger partial charge in [-0.1, -0.05) is 20.4 Å². The smallest absolute Gasteiger partial charge is 0.355 e. The van der Waals surface area contributed by atoms with Crippen LogP contribution in [-0.4, -0.2) is 73.5 Å². The zero-order valence-corrected chi connectivity index (χ0v) is 25.9. The van der Waals surface area contributed by atoms with Crippen LogP contribution in [0, 0.1) is 11.6 Å². The van der Waals surface area contributed by atoms with Crippen LogP contribution in [0.15, 0.2) is 54.0 Å². The number of aryl methyl sites for hydroxylation is 1. The Labute approximate surface area is 263 Å². The summed E-state index contributed by atoms with van der Waals surface area (Å²) in [6.45, 7) is 9.07. The largest absolute Gasteiger partial charge is 0.384 e. The van der Waals surface area contributed by atoms with Crippen LogP contribution in [0.3, 0.4) is 0 Å². The van der Waals surface area contributed by atoms with Gasteiger partial charge in [0.05, 0.1) is 28.9 Å². The molecular formula is C33H33F2N7O2S. The number of anilines is 2. The topological polar surface area (TPSA) is 96.3 Å². The van der Waals surface area contributed by atoms with Crippen molar-refractivity contribution in [3.63, 3.8) is 0 Å². The van der Waals surface area contributed by atoms with Crippen LogP contribution in [0.4, 0.5) is 20.3 Å². The minimum Gasteiger partial charge on any atom is -0.384 e. The minimum absolute atomic E-state index is 0.00808. The Kier molecular flexibility index (Phi) is 7.55. The van der Waals surface area contributed by atoms with Gasteiger partial charge in [0.2, 0.25) is 5.91 Å². The maximum atomic E-state index is 16.1. The van der Waals surface area contributed by atoms with Gasteiger partial charge in [-0.15, -0.1) is 0 Å². The molecule has 1 saturated carbocycles. The van der Waals surface area contributed by atoms with E-state index in [1.807, 2.05) is 31.0 Å². The molecule has 1 aliphatic carbocycles. The van der Waals surface area contributed by atoms with Gasteiger partial charge in [-0.2, -0.15) is 16.7 Å². The second-order valence-corrected chi connectivity index (χ2v) is 13.2. The lowest BCUT2D eigenvalue weighted by atomic mass is 10.0. The van der Waals surface area contributed by atoms with Gasteiger partial charge >= 0.3 is 5.69 Å². The van der Waals surface area contributed by atoms with Gasteiger partial charge in [-0.05, 0) is 66.5 Å². The van der Waals surface area contributed by atoms with Crippen molar-refractivity contribution >= 4 is 40.2 Å². The first-order valence-electron chi connectivity index (χ1n) is 15.2. The summed E-state index contributed by atoms with van der Waals surface area (Å²) in [6, 6.07) is 7.60. The highest BCUT2D eigenvalue weighted by atomic mass is 32.2. The van der Waals surface area contributed by atoms with Crippen molar-refractivity contribution < 1.29 is 13.6 Å². The van der Waals surface area contributed by atoms with E-state index < -0.39 is 17.3 Å². The van der Waals surface area contributed by atoms with Crippen molar-refractivity contribution in [2.45, 2.75) is 44.7 Å². The Morgan fingerprint density at radius 3 is 2.76 bits per heavy atom. The van der Waals surface area contributed by atoms with Crippen molar-refractivity contribution in [3.8, 4) is 16.9 Å². The number of amides is 1. The highest BCUT2D eigenvalue weighted by Crippen LogP contribution is 2.41. The third-order valence-electron chi connectivity index (χ3n) is 8.71. The molecule has 1 saturated heterocycles. The molecule has 3 aliphatic rings. The molecule has 1 unspecified atom stereocenters. The predicted octanol–water partition coefficient (Wildman–Crippen LogP) is 4.92. The molecule has 6 bridgehead atoms. The van der Waals surface area contributed by atoms with Gasteiger partial charge in [0, 0.05) is 42.8 Å². The molecule has 0 spiro atoms. The Hall–Kier alpha value is -4.32. The highest BCUT2D eigenvalue weighted by Gasteiger charge is 2.51. The quantitative estimate of drug-likeness (QED) is 0.319. The van der Waals surface area contributed by atoms with Crippen LogP contribution in [0.5, 0.6) is 0 Å². The van der Waals surface area contributed by atoms with E-state index in [0.717, 1.165) is 23.5 Å². The number of carbonyl (C=O) groups is 1. The SMILES string of the molecule is C=CC(=O)N1CCN(c2nc(=O)n3c4nc(c(F)cc24)-c2cc(ccc2F)NCCSCCc2cnc(C(C)C)c-3c2)C2C[C@H]21. The minimum atomic E-state index is -0.729. The molecule has 3 aromatic heterocycles. The van der Waals surface area contributed by atoms with Crippen molar-refractivity contribution in [2.24, 2.45) is 0 Å². The number of piperazine rings is 1. The monoisotopic (exact) mass is 629 g/mol. The summed E-state index contributed by atoms with van der Waals surface area (Å²) in [5.41, 5.74) is 2.18. The molecule has 9 nitrogen and oxygen atoms in total. The summed E-state index contributed by atoms with van der Waals surface area (Å²) < 4.78 is 32.9. The molecule has 1 aromatic carbocycles. The Balaban J connectivity index is 1.49. The molecule has 232 valence electrons. The normalized spacial score (nSPS) is 19.4. The van der Waals surface area contributed by atoms with Crippen LogP contribution >= 0.6 is 11.8 Å². The van der Waals surface area contributed by atoms with Gasteiger partial charge in [-0.3, -0.25) is 9.78 Å². The number of nitrogens with one attached hydrogen (secondary N) is 1. The summed E-state index contributed by atoms with van der Waals surface area (Å²) in [4.78, 5) is 44.3. The van der Waals surface area contributed by atoms with E-state index >= 15 is 8.78 Å². The molecule has 0 radical (unpaired) electrons. The maximum absolute atomic E-state index is 16.1. The lowest BCUT2D eigenvalue weighted by Gasteiger charge is -2.35. The van der Waals surface area contributed by atoms with E-state index in [4.69, 9.17) is 9.97 Å². The van der Waals surface area contributed by atoms with Crippen molar-refractivity contribution in [1.82, 2.24) is 24.4 Å². The Bertz CT molecular complexity index is 1910. The van der Waals surface area contributed by atoms with Gasteiger partial charge in [0.1, 0.15) is 23.1 Å². The second kappa shape index (κ2) is 11.6. The number of hydrogen-bond donors (Lipinski definition) is 1. The van der Waals surface area contributed by atoms with Crippen molar-refractivity contribution in [3.05, 3.63) is 82.6 Å². The fourth-order valence-electron chi connectivity index (χ4n) is 6.41.